The van der Waals surface area contributed by atoms with Crippen LogP contribution in [0.1, 0.15) is 483 Å². The average molecular weight is 1840 g/mol. The molecule has 9 nitrogen and oxygen atoms in total. The zero-order chi connectivity index (χ0) is 93.6. The molecule has 0 amide bonds. The van der Waals surface area contributed by atoms with Crippen LogP contribution < -0.4 is 23.7 Å². The van der Waals surface area contributed by atoms with Gasteiger partial charge in [0.05, 0.1) is 61.1 Å². The number of benzene rings is 3. The van der Waals surface area contributed by atoms with Gasteiger partial charge in [0.2, 0.25) is 29.0 Å². The Balaban J connectivity index is 1.20. The van der Waals surface area contributed by atoms with Crippen molar-refractivity contribution in [1.82, 2.24) is 19.9 Å². The van der Waals surface area contributed by atoms with E-state index in [1.54, 1.807) is 30.3 Å². The third-order valence-electron chi connectivity index (χ3n) is 27.1. The van der Waals surface area contributed by atoms with Crippen LogP contribution in [-0.4, -0.2) is 53.0 Å². The van der Waals surface area contributed by atoms with Crippen LogP contribution in [0.5, 0.6) is 28.7 Å². The van der Waals surface area contributed by atoms with E-state index in [0.717, 1.165) is 128 Å². The molecule has 8 bridgehead atoms. The minimum atomic E-state index is -1.71. The van der Waals surface area contributed by atoms with Crippen molar-refractivity contribution >= 4 is 45.3 Å². The van der Waals surface area contributed by atoms with Crippen molar-refractivity contribution in [2.75, 3.05) is 33.0 Å². The van der Waals surface area contributed by atoms with Gasteiger partial charge in [-0.1, -0.05) is 439 Å². The van der Waals surface area contributed by atoms with Crippen LogP contribution in [-0.2, 0) is 0 Å². The summed E-state index contributed by atoms with van der Waals surface area (Å²) >= 11 is 0. The summed E-state index contributed by atoms with van der Waals surface area (Å²) in [5, 5.41) is 0. The smallest absolute Gasteiger partial charge is 0.204 e. The minimum Gasteiger partial charge on any atom is -0.490 e. The third kappa shape index (κ3) is 39.1. The number of unbranched alkanes of at least 4 members (excludes halogenated alkanes) is 63. The van der Waals surface area contributed by atoms with Gasteiger partial charge >= 0.3 is 0 Å². The molecule has 8 rings (SSSR count). The van der Waals surface area contributed by atoms with Crippen LogP contribution in [0.15, 0.2) is 48.5 Å². The first kappa shape index (κ1) is 110. The highest BCUT2D eigenvalue weighted by atomic mass is 19.2. The van der Waals surface area contributed by atoms with Crippen LogP contribution in [0.25, 0.3) is 78.6 Å². The lowest BCUT2D eigenvalue weighted by molar-refractivity contribution is 0.234. The quantitative estimate of drug-likeness (QED) is 0.0199. The van der Waals surface area contributed by atoms with Crippen molar-refractivity contribution in [2.45, 2.75) is 471 Å². The highest BCUT2D eigenvalue weighted by molar-refractivity contribution is 6.01. The molecule has 5 heterocycles. The fourth-order valence-corrected chi connectivity index (χ4v) is 19.0. The summed E-state index contributed by atoms with van der Waals surface area (Å²) in [6, 6.07) is 13.2. The van der Waals surface area contributed by atoms with Crippen LogP contribution >= 0.6 is 0 Å². The van der Waals surface area contributed by atoms with Gasteiger partial charge in [0, 0.05) is 44.3 Å². The maximum absolute atomic E-state index is 17.6. The average Bonchev–Trinajstić information content (AvgIpc) is 1.09. The van der Waals surface area contributed by atoms with E-state index in [2.05, 4.69) is 49.6 Å². The molecule has 17 heteroatoms. The SMILES string of the molecule is CCCCCCCCCCCCCCCCCCOc1cc(-c2c3ccc([nH]3)c(-c3c(F)c(F)c(OCCCCCCCCCCCC)c(F)c3F)c3nc(c4ccc([nH]4)c(-c4c(F)c(F)c(OCCCCCCCCCCCC)c(F)c4F)c4ccc2[nH]4)C=C3)cc(OCCCCCCCCCCCCCCCCCC)c1OCCCCCCCCCCCCCCCCCC. The van der Waals surface area contributed by atoms with Crippen molar-refractivity contribution < 1.29 is 58.8 Å². The van der Waals surface area contributed by atoms with E-state index in [9.17, 15) is 0 Å². The lowest BCUT2D eigenvalue weighted by Crippen LogP contribution is -2.08. The molecule has 4 aromatic heterocycles. The van der Waals surface area contributed by atoms with Gasteiger partial charge in [-0.3, -0.25) is 0 Å². The molecule has 0 fully saturated rings. The molecule has 1 aliphatic heterocycles. The summed E-state index contributed by atoms with van der Waals surface area (Å²) in [5.41, 5.74) is -1.04. The van der Waals surface area contributed by atoms with E-state index < -0.39 is 69.2 Å². The highest BCUT2D eigenvalue weighted by Gasteiger charge is 2.33. The molecule has 7 aromatic rings. The highest BCUT2D eigenvalue weighted by Crippen LogP contribution is 2.47. The normalized spacial score (nSPS) is 11.9. The Morgan fingerprint density at radius 1 is 0.197 bits per heavy atom. The Morgan fingerprint density at radius 2 is 0.394 bits per heavy atom. The van der Waals surface area contributed by atoms with Gasteiger partial charge in [-0.15, -0.1) is 0 Å². The number of hydrogen-bond acceptors (Lipinski definition) is 6. The zero-order valence-electron chi connectivity index (χ0n) is 82.9. The monoisotopic (exact) mass is 1840 g/mol. The number of halogens is 8. The summed E-state index contributed by atoms with van der Waals surface area (Å²) in [4.78, 5) is 15.0. The van der Waals surface area contributed by atoms with Crippen LogP contribution in [0.2, 0.25) is 0 Å². The number of hydrogen-bond donors (Lipinski definition) is 3. The summed E-state index contributed by atoms with van der Waals surface area (Å²) < 4.78 is 171. The summed E-state index contributed by atoms with van der Waals surface area (Å²) in [6.07, 6.45) is 81.5. The third-order valence-corrected chi connectivity index (χ3v) is 27.1. The first-order valence-electron chi connectivity index (χ1n) is 54.3. The van der Waals surface area contributed by atoms with E-state index in [1.165, 1.54) is 301 Å². The maximum atomic E-state index is 17.6. The molecule has 132 heavy (non-hydrogen) atoms. The van der Waals surface area contributed by atoms with Crippen molar-refractivity contribution in [1.29, 1.82) is 0 Å². The first-order chi connectivity index (χ1) is 64.9. The number of aromatic amines is 3. The van der Waals surface area contributed by atoms with Crippen LogP contribution in [0.3, 0.4) is 0 Å². The predicted octanol–water partition coefficient (Wildman–Crippen LogP) is 39.3. The van der Waals surface area contributed by atoms with E-state index in [0.29, 0.717) is 73.9 Å². The Labute approximate surface area is 792 Å². The van der Waals surface area contributed by atoms with Gasteiger partial charge in [0.15, 0.2) is 46.3 Å². The van der Waals surface area contributed by atoms with Gasteiger partial charge in [0.25, 0.3) is 0 Å². The van der Waals surface area contributed by atoms with Gasteiger partial charge in [0.1, 0.15) is 0 Å². The van der Waals surface area contributed by atoms with Gasteiger partial charge < -0.3 is 38.6 Å². The molecule has 3 aromatic carbocycles. The molecule has 0 unspecified atom stereocenters. The Bertz CT molecular complexity index is 4310. The summed E-state index contributed by atoms with van der Waals surface area (Å²) in [5.74, 6) is -14.7. The number of aromatic nitrogens is 4. The molecule has 0 spiro atoms. The number of fused-ring (bicyclic) bond motifs is 9. The largest absolute Gasteiger partial charge is 0.490 e. The number of nitrogens with one attached hydrogen (secondary N) is 3. The fourth-order valence-electron chi connectivity index (χ4n) is 19.0. The topological polar surface area (TPSA) is 106 Å². The summed E-state index contributed by atoms with van der Waals surface area (Å²) in [6.45, 7) is 11.9. The van der Waals surface area contributed by atoms with E-state index in [1.807, 2.05) is 12.1 Å². The van der Waals surface area contributed by atoms with Gasteiger partial charge in [-0.25, -0.2) is 22.5 Å². The lowest BCUT2D eigenvalue weighted by atomic mass is 10.0. The van der Waals surface area contributed by atoms with E-state index in [4.69, 9.17) is 28.7 Å². The van der Waals surface area contributed by atoms with Gasteiger partial charge in [-0.05, 0) is 98.4 Å². The van der Waals surface area contributed by atoms with Crippen molar-refractivity contribution in [3.63, 3.8) is 0 Å². The van der Waals surface area contributed by atoms with Gasteiger partial charge in [-0.2, -0.15) is 17.6 Å². The van der Waals surface area contributed by atoms with Crippen molar-refractivity contribution in [3.05, 3.63) is 106 Å². The first-order valence-corrected chi connectivity index (χ1v) is 54.3. The molecular weight excluding hydrogens is 1670 g/mol. The molecule has 0 atom stereocenters. The summed E-state index contributed by atoms with van der Waals surface area (Å²) in [7, 11) is 0. The number of ether oxygens (including phenoxy) is 5. The van der Waals surface area contributed by atoms with E-state index >= 15 is 35.1 Å². The number of nitrogens with zero attached hydrogens (tertiary/aromatic N) is 1. The molecule has 740 valence electrons. The second-order valence-corrected chi connectivity index (χ2v) is 38.4. The minimum absolute atomic E-state index is 0.00390. The molecule has 0 radical (unpaired) electrons. The lowest BCUT2D eigenvalue weighted by Gasteiger charge is -2.19. The van der Waals surface area contributed by atoms with Crippen molar-refractivity contribution in [3.8, 4) is 62.1 Å². The number of H-pyrrole nitrogens is 3. The molecule has 1 aliphatic rings. The van der Waals surface area contributed by atoms with Crippen LogP contribution in [0.4, 0.5) is 35.1 Å². The Morgan fingerprint density at radius 3 is 0.659 bits per heavy atom. The second-order valence-electron chi connectivity index (χ2n) is 38.4. The maximum Gasteiger partial charge on any atom is 0.204 e. The van der Waals surface area contributed by atoms with Crippen molar-refractivity contribution in [2.24, 2.45) is 0 Å². The van der Waals surface area contributed by atoms with Crippen LogP contribution in [0, 0.1) is 46.5 Å². The molecule has 0 saturated heterocycles. The predicted molar refractivity (Wildman–Crippen MR) is 541 cm³/mol. The molecule has 0 aliphatic carbocycles. The Hall–Kier alpha value is -7.17. The van der Waals surface area contributed by atoms with E-state index in [-0.39, 0.29) is 68.8 Å². The molecule has 3 N–H and O–H groups in total. The number of rotatable bonds is 81. The Kier molecular flexibility index (Phi) is 56.7. The molecular formula is C115H174F8N4O5. The second kappa shape index (κ2) is 67.9. The standard InChI is InChI=1S/C115H174F8N4O5/c1-6-11-16-21-26-31-36-39-42-45-48-51-56-59-64-69-82-128-98-87-89(88-99(129-83-70-65-60-57-52-49-46-43-40-37-32-27-22-17-12-7-2)113(98)130-84-71-66-61-58-53-50-47-44-41-38-33-28-23-18-13-8-3)100-92-78-80-96(126-92)101(103-105(116)109(120)114(110(121)106(103)117)131-85-72-67-62-54-34-29-24-19-14-9-4)94-76-74-90(124-94)91-75-77-95(125-91)102(97-81-79-93(100)127-97)104-107(118)111(122)115(112(123)108(104)119)132-86-73-68-63-55-35-30-25-20-15-10-5/h74-81,87-88,124,126-127H,6-73,82-86H2,1-5H3. The zero-order valence-corrected chi connectivity index (χ0v) is 82.9. The fraction of sp³-hybridized carbons (Fsp3) is 0.678. The molecule has 0 saturated carbocycles.